The Morgan fingerprint density at radius 1 is 1.25 bits per heavy atom. The largest absolute Gasteiger partial charge is 0.506 e. The molecule has 104 valence electrons. The maximum atomic E-state index is 10.0. The van der Waals surface area contributed by atoms with Gasteiger partial charge >= 0.3 is 0 Å². The fraction of sp³-hybridized carbons (Fsp3) is 0.133. The quantitative estimate of drug-likeness (QED) is 0.835. The average Bonchev–Trinajstić information content (AvgIpc) is 2.41. The molecule has 0 amide bonds. The van der Waals surface area contributed by atoms with Gasteiger partial charge in [0.1, 0.15) is 11.4 Å². The van der Waals surface area contributed by atoms with Crippen molar-refractivity contribution in [3.63, 3.8) is 0 Å². The monoisotopic (exact) mass is 335 g/mol. The van der Waals surface area contributed by atoms with Crippen LogP contribution in [-0.4, -0.2) is 23.5 Å². The predicted molar refractivity (Wildman–Crippen MR) is 82.5 cm³/mol. The molecule has 0 spiro atoms. The van der Waals surface area contributed by atoms with Crippen LogP contribution in [0.5, 0.6) is 17.2 Å². The molecule has 5 heteroatoms. The van der Waals surface area contributed by atoms with E-state index < -0.39 is 0 Å². The molecule has 0 fully saturated rings. The molecule has 2 aromatic carbocycles. The SMILES string of the molecule is COc1cc(Br)cc(C=Nc2c(C)cccc2O)c1O. The second-order valence-corrected chi connectivity index (χ2v) is 5.16. The highest BCUT2D eigenvalue weighted by Crippen LogP contribution is 2.34. The van der Waals surface area contributed by atoms with Gasteiger partial charge in [-0.25, -0.2) is 0 Å². The number of ether oxygens (including phenoxy) is 1. The van der Waals surface area contributed by atoms with Gasteiger partial charge in [0.2, 0.25) is 0 Å². The average molecular weight is 336 g/mol. The Hall–Kier alpha value is -2.01. The molecule has 0 radical (unpaired) electrons. The second-order valence-electron chi connectivity index (χ2n) is 4.25. The molecule has 0 aliphatic heterocycles. The number of methoxy groups -OCH3 is 1. The number of aryl methyl sites for hydroxylation is 1. The van der Waals surface area contributed by atoms with Crippen LogP contribution in [0.1, 0.15) is 11.1 Å². The molecule has 2 rings (SSSR count). The predicted octanol–water partition coefficient (Wildman–Crippen LogP) is 3.93. The second kappa shape index (κ2) is 5.96. The Kier molecular flexibility index (Phi) is 4.29. The van der Waals surface area contributed by atoms with Crippen molar-refractivity contribution in [1.29, 1.82) is 0 Å². The standard InChI is InChI=1S/C15H14BrNO3/c1-9-4-3-5-12(18)14(9)17-8-10-6-11(16)7-13(20-2)15(10)19/h3-8,18-19H,1-2H3. The summed E-state index contributed by atoms with van der Waals surface area (Å²) in [6, 6.07) is 8.56. The molecular weight excluding hydrogens is 322 g/mol. The lowest BCUT2D eigenvalue weighted by Crippen LogP contribution is -1.89. The molecule has 0 saturated carbocycles. The lowest BCUT2D eigenvalue weighted by Gasteiger charge is -2.07. The minimum Gasteiger partial charge on any atom is -0.506 e. The fourth-order valence-electron chi connectivity index (χ4n) is 1.79. The first-order valence-corrected chi connectivity index (χ1v) is 6.71. The van der Waals surface area contributed by atoms with E-state index in [1.807, 2.05) is 13.0 Å². The zero-order valence-corrected chi connectivity index (χ0v) is 12.7. The van der Waals surface area contributed by atoms with Gasteiger partial charge in [-0.05, 0) is 30.7 Å². The molecular formula is C15H14BrNO3. The number of aliphatic imine (C=N–C) groups is 1. The number of rotatable bonds is 3. The molecule has 0 aromatic heterocycles. The Bertz CT molecular complexity index is 648. The van der Waals surface area contributed by atoms with Gasteiger partial charge in [0.15, 0.2) is 11.5 Å². The normalized spacial score (nSPS) is 10.9. The van der Waals surface area contributed by atoms with E-state index in [1.165, 1.54) is 13.3 Å². The van der Waals surface area contributed by atoms with E-state index in [0.29, 0.717) is 17.0 Å². The summed E-state index contributed by atoms with van der Waals surface area (Å²) in [5.74, 6) is 0.463. The van der Waals surface area contributed by atoms with Crippen molar-refractivity contribution < 1.29 is 14.9 Å². The topological polar surface area (TPSA) is 62.0 Å². The summed E-state index contributed by atoms with van der Waals surface area (Å²) in [5.41, 5.74) is 1.83. The van der Waals surface area contributed by atoms with Crippen molar-refractivity contribution in [3.05, 3.63) is 45.9 Å². The van der Waals surface area contributed by atoms with E-state index in [1.54, 1.807) is 24.3 Å². The number of halogens is 1. The summed E-state index contributed by atoms with van der Waals surface area (Å²) in [6.45, 7) is 1.85. The van der Waals surface area contributed by atoms with E-state index >= 15 is 0 Å². The van der Waals surface area contributed by atoms with Gasteiger partial charge in [-0.3, -0.25) is 4.99 Å². The molecule has 0 aliphatic carbocycles. The van der Waals surface area contributed by atoms with Crippen molar-refractivity contribution >= 4 is 27.8 Å². The van der Waals surface area contributed by atoms with Gasteiger partial charge < -0.3 is 14.9 Å². The highest BCUT2D eigenvalue weighted by molar-refractivity contribution is 9.10. The van der Waals surface area contributed by atoms with E-state index in [0.717, 1.165) is 10.0 Å². The summed E-state index contributed by atoms with van der Waals surface area (Å²) in [7, 11) is 1.48. The highest BCUT2D eigenvalue weighted by atomic mass is 79.9. The van der Waals surface area contributed by atoms with Gasteiger partial charge in [-0.1, -0.05) is 28.1 Å². The number of phenols is 2. The lowest BCUT2D eigenvalue weighted by molar-refractivity contribution is 0.373. The number of nitrogens with zero attached hydrogens (tertiary/aromatic N) is 1. The van der Waals surface area contributed by atoms with E-state index in [2.05, 4.69) is 20.9 Å². The molecule has 0 bridgehead atoms. The molecule has 0 unspecified atom stereocenters. The Labute approximate surface area is 125 Å². The summed E-state index contributed by atoms with van der Waals surface area (Å²) < 4.78 is 5.84. The van der Waals surface area contributed by atoms with Gasteiger partial charge in [0.25, 0.3) is 0 Å². The zero-order chi connectivity index (χ0) is 14.7. The van der Waals surface area contributed by atoms with Gasteiger partial charge in [-0.15, -0.1) is 0 Å². The van der Waals surface area contributed by atoms with Gasteiger partial charge in [0, 0.05) is 16.3 Å². The van der Waals surface area contributed by atoms with Crippen LogP contribution in [0.3, 0.4) is 0 Å². The molecule has 0 aliphatic rings. The Balaban J connectivity index is 2.44. The third-order valence-electron chi connectivity index (χ3n) is 2.84. The number of hydrogen-bond donors (Lipinski definition) is 2. The van der Waals surface area contributed by atoms with Crippen molar-refractivity contribution in [2.45, 2.75) is 6.92 Å². The first kappa shape index (κ1) is 14.4. The van der Waals surface area contributed by atoms with E-state index in [-0.39, 0.29) is 11.5 Å². The summed E-state index contributed by atoms with van der Waals surface area (Å²) in [4.78, 5) is 4.24. The van der Waals surface area contributed by atoms with Crippen molar-refractivity contribution in [2.75, 3.05) is 7.11 Å². The molecule has 0 saturated heterocycles. The fourth-order valence-corrected chi connectivity index (χ4v) is 2.25. The Morgan fingerprint density at radius 3 is 2.65 bits per heavy atom. The van der Waals surface area contributed by atoms with Crippen LogP contribution >= 0.6 is 15.9 Å². The third-order valence-corrected chi connectivity index (χ3v) is 3.30. The molecule has 0 heterocycles. The van der Waals surface area contributed by atoms with Crippen molar-refractivity contribution in [2.24, 2.45) is 4.99 Å². The number of benzene rings is 2. The smallest absolute Gasteiger partial charge is 0.166 e. The first-order valence-electron chi connectivity index (χ1n) is 5.92. The minimum absolute atomic E-state index is 0.00697. The van der Waals surface area contributed by atoms with Crippen LogP contribution in [0.15, 0.2) is 39.8 Å². The van der Waals surface area contributed by atoms with Gasteiger partial charge in [0.05, 0.1) is 7.11 Å². The number of phenolic OH excluding ortho intramolecular Hbond substituents is 2. The summed E-state index contributed by atoms with van der Waals surface area (Å²) in [6.07, 6.45) is 1.49. The van der Waals surface area contributed by atoms with Crippen LogP contribution in [0.4, 0.5) is 5.69 Å². The number of para-hydroxylation sites is 1. The van der Waals surface area contributed by atoms with Crippen molar-refractivity contribution in [3.8, 4) is 17.2 Å². The minimum atomic E-state index is 0.00697. The van der Waals surface area contributed by atoms with Crippen LogP contribution in [0, 0.1) is 6.92 Å². The molecule has 20 heavy (non-hydrogen) atoms. The Morgan fingerprint density at radius 2 is 2.00 bits per heavy atom. The highest BCUT2D eigenvalue weighted by Gasteiger charge is 2.09. The van der Waals surface area contributed by atoms with Crippen LogP contribution in [-0.2, 0) is 0 Å². The third kappa shape index (κ3) is 2.93. The van der Waals surface area contributed by atoms with Gasteiger partial charge in [-0.2, -0.15) is 0 Å². The first-order chi connectivity index (χ1) is 9.52. The van der Waals surface area contributed by atoms with Crippen LogP contribution in [0.25, 0.3) is 0 Å². The molecule has 2 N–H and O–H groups in total. The lowest BCUT2D eigenvalue weighted by atomic mass is 10.1. The maximum absolute atomic E-state index is 10.0. The number of hydrogen-bond acceptors (Lipinski definition) is 4. The molecule has 0 atom stereocenters. The van der Waals surface area contributed by atoms with Crippen LogP contribution in [0.2, 0.25) is 0 Å². The maximum Gasteiger partial charge on any atom is 0.166 e. The summed E-state index contributed by atoms with van der Waals surface area (Å²) >= 11 is 3.34. The zero-order valence-electron chi connectivity index (χ0n) is 11.1. The van der Waals surface area contributed by atoms with E-state index in [4.69, 9.17) is 4.74 Å². The summed E-state index contributed by atoms with van der Waals surface area (Å²) in [5, 5.41) is 19.8. The number of aromatic hydroxyl groups is 2. The molecule has 4 nitrogen and oxygen atoms in total. The van der Waals surface area contributed by atoms with Crippen LogP contribution < -0.4 is 4.74 Å². The molecule has 2 aromatic rings. The van der Waals surface area contributed by atoms with Crippen molar-refractivity contribution in [1.82, 2.24) is 0 Å². The van der Waals surface area contributed by atoms with E-state index in [9.17, 15) is 10.2 Å².